The normalized spacial score (nSPS) is 12.2. The second kappa shape index (κ2) is 7.25. The summed E-state index contributed by atoms with van der Waals surface area (Å²) in [7, 11) is -0.143. The van der Waals surface area contributed by atoms with Crippen molar-refractivity contribution in [2.75, 3.05) is 0 Å². The second-order valence-electron chi connectivity index (χ2n) is 7.39. The van der Waals surface area contributed by atoms with E-state index in [1.54, 1.807) is 0 Å². The molecule has 0 aliphatic rings. The number of carbonyl (C=O) groups is 1. The van der Waals surface area contributed by atoms with Crippen LogP contribution in [0.2, 0.25) is 0 Å². The van der Waals surface area contributed by atoms with Crippen molar-refractivity contribution in [3.63, 3.8) is 0 Å². The van der Waals surface area contributed by atoms with Crippen molar-refractivity contribution in [2.24, 2.45) is 0 Å². The maximum atomic E-state index is 12.9. The van der Waals surface area contributed by atoms with Gasteiger partial charge in [0, 0.05) is 34.9 Å². The minimum Gasteiger partial charge on any atom is -0.451 e. The van der Waals surface area contributed by atoms with Crippen LogP contribution >= 0.6 is 10.5 Å². The van der Waals surface area contributed by atoms with Crippen molar-refractivity contribution in [2.45, 2.75) is 26.4 Å². The first-order chi connectivity index (χ1) is 13.5. The summed E-state index contributed by atoms with van der Waals surface area (Å²) in [6, 6.07) is 28.4. The zero-order chi connectivity index (χ0) is 19.7. The Kier molecular flexibility index (Phi) is 4.78. The van der Waals surface area contributed by atoms with Crippen LogP contribution < -0.4 is 0 Å². The fourth-order valence-electron chi connectivity index (χ4n) is 3.49. The van der Waals surface area contributed by atoms with Crippen LogP contribution in [0.1, 0.15) is 34.6 Å². The SMILES string of the molecule is Cc1cc2ccccc2[s+]1-c1cccc(C(=O)OC(C)(C)c2ccccc2)c1. The van der Waals surface area contributed by atoms with Gasteiger partial charge >= 0.3 is 5.97 Å². The number of benzene rings is 3. The molecule has 3 aromatic carbocycles. The van der Waals surface area contributed by atoms with Crippen molar-refractivity contribution in [3.8, 4) is 4.90 Å². The van der Waals surface area contributed by atoms with Gasteiger partial charge in [0.05, 0.1) is 5.56 Å². The first-order valence-electron chi connectivity index (χ1n) is 9.36. The lowest BCUT2D eigenvalue weighted by atomic mass is 9.98. The van der Waals surface area contributed by atoms with Crippen molar-refractivity contribution in [1.82, 2.24) is 0 Å². The number of ether oxygens (including phenoxy) is 1. The van der Waals surface area contributed by atoms with Gasteiger partial charge in [-0.1, -0.05) is 48.5 Å². The molecule has 4 aromatic rings. The molecule has 1 aromatic heterocycles. The maximum Gasteiger partial charge on any atom is 0.339 e. The lowest BCUT2D eigenvalue weighted by molar-refractivity contribution is -0.00311. The quantitative estimate of drug-likeness (QED) is 0.279. The number of fused-ring (bicyclic) bond motifs is 1. The van der Waals surface area contributed by atoms with Gasteiger partial charge in [-0.2, -0.15) is 0 Å². The van der Waals surface area contributed by atoms with Crippen molar-refractivity contribution in [3.05, 3.63) is 101 Å². The Morgan fingerprint density at radius 1 is 0.857 bits per heavy atom. The average molecular weight is 388 g/mol. The molecule has 1 heterocycles. The molecule has 4 rings (SSSR count). The Morgan fingerprint density at radius 2 is 1.57 bits per heavy atom. The molecule has 1 atom stereocenters. The number of carbonyl (C=O) groups excluding carboxylic acids is 1. The maximum absolute atomic E-state index is 12.9. The summed E-state index contributed by atoms with van der Waals surface area (Å²) in [5.74, 6) is -0.298. The Balaban J connectivity index is 1.67. The van der Waals surface area contributed by atoms with E-state index in [1.807, 2.05) is 62.4 Å². The molecule has 140 valence electrons. The molecule has 0 saturated carbocycles. The smallest absolute Gasteiger partial charge is 0.339 e. The van der Waals surface area contributed by atoms with Gasteiger partial charge in [0.25, 0.3) is 0 Å². The van der Waals surface area contributed by atoms with E-state index < -0.39 is 5.60 Å². The Hall–Kier alpha value is -2.91. The standard InChI is InChI=1S/C25H23O2S/c1-18-16-19-10-7-8-15-23(19)28(18)22-14-9-11-20(17-22)24(26)27-25(2,3)21-12-5-4-6-13-21/h4-17H,1-3H3/q+1. The largest absolute Gasteiger partial charge is 0.451 e. The Labute approximate surface area is 168 Å². The zero-order valence-electron chi connectivity index (χ0n) is 16.3. The molecule has 28 heavy (non-hydrogen) atoms. The van der Waals surface area contributed by atoms with Crippen LogP contribution in [-0.4, -0.2) is 5.97 Å². The molecular formula is C25H23O2S+. The van der Waals surface area contributed by atoms with Gasteiger partial charge in [0.15, 0.2) is 14.5 Å². The second-order valence-corrected chi connectivity index (χ2v) is 9.56. The van der Waals surface area contributed by atoms with Gasteiger partial charge in [0.2, 0.25) is 0 Å². The third-order valence-corrected chi connectivity index (χ3v) is 7.24. The highest BCUT2D eigenvalue weighted by Crippen LogP contribution is 2.43. The van der Waals surface area contributed by atoms with Gasteiger partial charge in [-0.15, -0.1) is 0 Å². The van der Waals surface area contributed by atoms with Crippen molar-refractivity contribution >= 4 is 26.5 Å². The fraction of sp³-hybridized carbons (Fsp3) is 0.160. The summed E-state index contributed by atoms with van der Waals surface area (Å²) in [6.07, 6.45) is 0. The highest BCUT2D eigenvalue weighted by molar-refractivity contribution is 7.45. The molecular weight excluding hydrogens is 364 g/mol. The number of rotatable bonds is 4. The number of esters is 1. The summed E-state index contributed by atoms with van der Waals surface area (Å²) in [5, 5.41) is 1.27. The van der Waals surface area contributed by atoms with E-state index in [-0.39, 0.29) is 16.4 Å². The number of thiophene rings is 1. The van der Waals surface area contributed by atoms with E-state index in [2.05, 4.69) is 43.3 Å². The molecule has 0 N–H and O–H groups in total. The molecule has 0 aliphatic carbocycles. The van der Waals surface area contributed by atoms with E-state index >= 15 is 0 Å². The number of hydrogen-bond acceptors (Lipinski definition) is 2. The minimum atomic E-state index is -0.688. The minimum absolute atomic E-state index is 0.143. The van der Waals surface area contributed by atoms with Crippen molar-refractivity contribution in [1.29, 1.82) is 0 Å². The Bertz CT molecular complexity index is 1140. The van der Waals surface area contributed by atoms with E-state index in [4.69, 9.17) is 4.74 Å². The molecule has 0 amide bonds. The summed E-state index contributed by atoms with van der Waals surface area (Å²) < 4.78 is 7.19. The van der Waals surface area contributed by atoms with Gasteiger partial charge in [-0.3, -0.25) is 0 Å². The zero-order valence-corrected chi connectivity index (χ0v) is 17.1. The molecule has 0 fully saturated rings. The summed E-state index contributed by atoms with van der Waals surface area (Å²) >= 11 is 0. The average Bonchev–Trinajstić information content (AvgIpc) is 3.04. The lowest BCUT2D eigenvalue weighted by Crippen LogP contribution is -2.25. The summed E-state index contributed by atoms with van der Waals surface area (Å²) in [4.78, 5) is 15.4. The first-order valence-corrected chi connectivity index (χ1v) is 10.6. The molecule has 1 unspecified atom stereocenters. The predicted molar refractivity (Wildman–Crippen MR) is 117 cm³/mol. The van der Waals surface area contributed by atoms with E-state index in [1.165, 1.54) is 15.0 Å². The third kappa shape index (κ3) is 3.46. The number of hydrogen-bond donors (Lipinski definition) is 0. The van der Waals surface area contributed by atoms with E-state index in [0.717, 1.165) is 10.5 Å². The molecule has 3 heteroatoms. The Morgan fingerprint density at radius 3 is 2.36 bits per heavy atom. The highest BCUT2D eigenvalue weighted by atomic mass is 32.2. The monoisotopic (exact) mass is 387 g/mol. The predicted octanol–water partition coefficient (Wildman–Crippen LogP) is 6.98. The van der Waals surface area contributed by atoms with E-state index in [9.17, 15) is 4.79 Å². The highest BCUT2D eigenvalue weighted by Gasteiger charge is 2.27. The first kappa shape index (κ1) is 18.5. The molecule has 0 saturated heterocycles. The summed E-state index contributed by atoms with van der Waals surface area (Å²) in [5.41, 5.74) is 0.878. The lowest BCUT2D eigenvalue weighted by Gasteiger charge is -2.25. The van der Waals surface area contributed by atoms with Gasteiger partial charge in [0.1, 0.15) is 5.60 Å². The van der Waals surface area contributed by atoms with Crippen molar-refractivity contribution < 1.29 is 9.53 Å². The van der Waals surface area contributed by atoms with Crippen LogP contribution in [0, 0.1) is 6.92 Å². The summed E-state index contributed by atoms with van der Waals surface area (Å²) in [6.45, 7) is 6.00. The topological polar surface area (TPSA) is 26.3 Å². The van der Waals surface area contributed by atoms with Crippen LogP contribution in [0.15, 0.2) is 84.9 Å². The molecule has 0 bridgehead atoms. The molecule has 0 aliphatic heterocycles. The van der Waals surface area contributed by atoms with Gasteiger partial charge in [-0.05, 0) is 43.7 Å². The fourth-order valence-corrected chi connectivity index (χ4v) is 5.74. The van der Waals surface area contributed by atoms with Gasteiger partial charge < -0.3 is 4.74 Å². The number of aryl methyl sites for hydroxylation is 1. The molecule has 0 radical (unpaired) electrons. The molecule has 2 nitrogen and oxygen atoms in total. The van der Waals surface area contributed by atoms with Crippen LogP contribution in [0.5, 0.6) is 0 Å². The van der Waals surface area contributed by atoms with Crippen LogP contribution in [0.4, 0.5) is 0 Å². The molecule has 0 spiro atoms. The van der Waals surface area contributed by atoms with Crippen LogP contribution in [0.25, 0.3) is 15.0 Å². The van der Waals surface area contributed by atoms with Gasteiger partial charge in [-0.25, -0.2) is 4.79 Å². The third-order valence-electron chi connectivity index (χ3n) is 4.94. The van der Waals surface area contributed by atoms with E-state index in [0.29, 0.717) is 5.56 Å². The van der Waals surface area contributed by atoms with Crippen LogP contribution in [-0.2, 0) is 10.3 Å². The van der Waals surface area contributed by atoms with Crippen LogP contribution in [0.3, 0.4) is 0 Å².